The minimum absolute atomic E-state index is 0.0169. The monoisotopic (exact) mass is 350 g/mol. The van der Waals surface area contributed by atoms with Gasteiger partial charge in [-0.05, 0) is 38.1 Å². The third-order valence-electron chi connectivity index (χ3n) is 3.46. The highest BCUT2D eigenvalue weighted by atomic mass is 35.5. The summed E-state index contributed by atoms with van der Waals surface area (Å²) in [5, 5.41) is 11.3. The summed E-state index contributed by atoms with van der Waals surface area (Å²) in [5.74, 6) is 3.02. The Kier molecular flexibility index (Phi) is 4.71. The van der Waals surface area contributed by atoms with Gasteiger partial charge in [0.05, 0.1) is 22.6 Å². The molecule has 120 valence electrons. The molecule has 0 unspecified atom stereocenters. The minimum atomic E-state index is 0.0169. The van der Waals surface area contributed by atoms with Gasteiger partial charge in [-0.2, -0.15) is 5.10 Å². The number of aromatic amines is 1. The molecular formula is C16H16Cl2N4O. The third-order valence-corrected chi connectivity index (χ3v) is 4.28. The lowest BCUT2D eigenvalue weighted by atomic mass is 10.2. The first-order valence-electron chi connectivity index (χ1n) is 7.20. The van der Waals surface area contributed by atoms with Gasteiger partial charge in [0.2, 0.25) is 0 Å². The molecule has 3 aromatic rings. The Morgan fingerprint density at radius 2 is 2.09 bits per heavy atom. The second-order valence-corrected chi connectivity index (χ2v) is 6.03. The molecule has 0 aliphatic heterocycles. The SMILES string of the molecule is Cc1nc([C@H](C)NCc2ccc(-c3cccc(Cl)c3Cl)o2)n[nH]1. The van der Waals surface area contributed by atoms with E-state index in [-0.39, 0.29) is 6.04 Å². The molecule has 1 aromatic carbocycles. The van der Waals surface area contributed by atoms with Crippen molar-refractivity contribution in [2.75, 3.05) is 0 Å². The number of H-pyrrole nitrogens is 1. The number of furan rings is 1. The maximum absolute atomic E-state index is 6.22. The fourth-order valence-corrected chi connectivity index (χ4v) is 2.60. The maximum Gasteiger partial charge on any atom is 0.167 e. The van der Waals surface area contributed by atoms with E-state index in [0.29, 0.717) is 22.4 Å². The highest BCUT2D eigenvalue weighted by molar-refractivity contribution is 6.43. The number of benzene rings is 1. The maximum atomic E-state index is 6.22. The van der Waals surface area contributed by atoms with Crippen LogP contribution in [0.1, 0.15) is 30.4 Å². The van der Waals surface area contributed by atoms with Crippen molar-refractivity contribution in [2.45, 2.75) is 26.4 Å². The number of aromatic nitrogens is 3. The van der Waals surface area contributed by atoms with Crippen LogP contribution >= 0.6 is 23.2 Å². The molecule has 0 spiro atoms. The van der Waals surface area contributed by atoms with Crippen molar-refractivity contribution in [3.8, 4) is 11.3 Å². The van der Waals surface area contributed by atoms with Crippen LogP contribution in [-0.4, -0.2) is 15.2 Å². The molecule has 2 heterocycles. The average Bonchev–Trinajstić information content (AvgIpc) is 3.17. The molecule has 0 aliphatic rings. The number of hydrogen-bond donors (Lipinski definition) is 2. The van der Waals surface area contributed by atoms with Gasteiger partial charge in [-0.15, -0.1) is 0 Å². The summed E-state index contributed by atoms with van der Waals surface area (Å²) >= 11 is 12.3. The summed E-state index contributed by atoms with van der Waals surface area (Å²) in [4.78, 5) is 4.31. The summed E-state index contributed by atoms with van der Waals surface area (Å²) in [6.07, 6.45) is 0. The number of hydrogen-bond acceptors (Lipinski definition) is 4. The molecule has 0 aliphatic carbocycles. The summed E-state index contributed by atoms with van der Waals surface area (Å²) in [7, 11) is 0. The van der Waals surface area contributed by atoms with Crippen LogP contribution in [0.2, 0.25) is 10.0 Å². The van der Waals surface area contributed by atoms with E-state index in [2.05, 4.69) is 20.5 Å². The zero-order valence-electron chi connectivity index (χ0n) is 12.7. The molecule has 0 radical (unpaired) electrons. The molecule has 0 saturated carbocycles. The van der Waals surface area contributed by atoms with Gasteiger partial charge in [0, 0.05) is 5.56 Å². The summed E-state index contributed by atoms with van der Waals surface area (Å²) in [6.45, 7) is 4.43. The van der Waals surface area contributed by atoms with E-state index in [1.807, 2.05) is 38.1 Å². The Morgan fingerprint density at radius 3 is 2.83 bits per heavy atom. The van der Waals surface area contributed by atoms with Crippen LogP contribution < -0.4 is 5.32 Å². The molecule has 0 amide bonds. The molecule has 2 N–H and O–H groups in total. The molecule has 1 atom stereocenters. The molecule has 7 heteroatoms. The second-order valence-electron chi connectivity index (χ2n) is 5.25. The van der Waals surface area contributed by atoms with Gasteiger partial charge in [-0.3, -0.25) is 5.10 Å². The van der Waals surface area contributed by atoms with E-state index in [4.69, 9.17) is 27.6 Å². The smallest absolute Gasteiger partial charge is 0.167 e. The molecular weight excluding hydrogens is 335 g/mol. The molecule has 2 aromatic heterocycles. The molecule has 0 bridgehead atoms. The van der Waals surface area contributed by atoms with Crippen molar-refractivity contribution in [1.82, 2.24) is 20.5 Å². The van der Waals surface area contributed by atoms with Crippen LogP contribution in [0, 0.1) is 6.92 Å². The molecule has 0 saturated heterocycles. The molecule has 0 fully saturated rings. The Hall–Kier alpha value is -1.82. The van der Waals surface area contributed by atoms with Crippen LogP contribution in [-0.2, 0) is 6.54 Å². The fourth-order valence-electron chi connectivity index (χ4n) is 2.21. The van der Waals surface area contributed by atoms with Crippen LogP contribution in [0.3, 0.4) is 0 Å². The Labute approximate surface area is 144 Å². The topological polar surface area (TPSA) is 66.7 Å². The second kappa shape index (κ2) is 6.74. The van der Waals surface area contributed by atoms with E-state index >= 15 is 0 Å². The molecule has 23 heavy (non-hydrogen) atoms. The van der Waals surface area contributed by atoms with Crippen molar-refractivity contribution in [3.05, 3.63) is 57.8 Å². The van der Waals surface area contributed by atoms with Gasteiger partial charge in [-0.1, -0.05) is 29.3 Å². The predicted octanol–water partition coefficient (Wildman–Crippen LogP) is 4.53. The van der Waals surface area contributed by atoms with E-state index in [1.54, 1.807) is 6.07 Å². The number of halogens is 2. The van der Waals surface area contributed by atoms with Gasteiger partial charge in [0.25, 0.3) is 0 Å². The standard InChI is InChI=1S/C16H16Cl2N4O/c1-9(16-20-10(2)21-22-16)19-8-11-6-7-14(23-11)12-4-3-5-13(17)15(12)18/h3-7,9,19H,8H2,1-2H3,(H,20,21,22)/t9-/m0/s1. The van der Waals surface area contributed by atoms with Gasteiger partial charge in [0.15, 0.2) is 5.82 Å². The van der Waals surface area contributed by atoms with E-state index in [9.17, 15) is 0 Å². The van der Waals surface area contributed by atoms with Gasteiger partial charge in [0.1, 0.15) is 17.3 Å². The zero-order chi connectivity index (χ0) is 16.4. The van der Waals surface area contributed by atoms with Gasteiger partial charge < -0.3 is 9.73 Å². The first kappa shape index (κ1) is 16.1. The first-order chi connectivity index (χ1) is 11.0. The first-order valence-corrected chi connectivity index (χ1v) is 7.95. The van der Waals surface area contributed by atoms with E-state index in [1.165, 1.54) is 0 Å². The van der Waals surface area contributed by atoms with Crippen molar-refractivity contribution < 1.29 is 4.42 Å². The number of aryl methyl sites for hydroxylation is 1. The van der Waals surface area contributed by atoms with Crippen molar-refractivity contribution >= 4 is 23.2 Å². The fraction of sp³-hybridized carbons (Fsp3) is 0.250. The quantitative estimate of drug-likeness (QED) is 0.709. The van der Waals surface area contributed by atoms with Crippen LogP contribution in [0.15, 0.2) is 34.7 Å². The van der Waals surface area contributed by atoms with E-state index in [0.717, 1.165) is 23.0 Å². The average molecular weight is 351 g/mol. The van der Waals surface area contributed by atoms with Crippen molar-refractivity contribution in [2.24, 2.45) is 0 Å². The lowest BCUT2D eigenvalue weighted by Crippen LogP contribution is -2.18. The normalized spacial score (nSPS) is 12.5. The summed E-state index contributed by atoms with van der Waals surface area (Å²) in [6, 6.07) is 9.29. The Morgan fingerprint density at radius 1 is 1.26 bits per heavy atom. The predicted molar refractivity (Wildman–Crippen MR) is 90.5 cm³/mol. The highest BCUT2D eigenvalue weighted by Gasteiger charge is 2.13. The summed E-state index contributed by atoms with van der Waals surface area (Å²) < 4.78 is 5.84. The highest BCUT2D eigenvalue weighted by Crippen LogP contribution is 2.34. The van der Waals surface area contributed by atoms with Crippen LogP contribution in [0.4, 0.5) is 0 Å². The lowest BCUT2D eigenvalue weighted by molar-refractivity contribution is 0.461. The zero-order valence-corrected chi connectivity index (χ0v) is 14.2. The van der Waals surface area contributed by atoms with Crippen molar-refractivity contribution in [3.63, 3.8) is 0 Å². The van der Waals surface area contributed by atoms with Gasteiger partial charge >= 0.3 is 0 Å². The minimum Gasteiger partial charge on any atom is -0.460 e. The molecule has 3 rings (SSSR count). The largest absolute Gasteiger partial charge is 0.460 e. The van der Waals surface area contributed by atoms with Gasteiger partial charge in [-0.25, -0.2) is 4.98 Å². The van der Waals surface area contributed by atoms with E-state index < -0.39 is 0 Å². The number of nitrogens with zero attached hydrogens (tertiary/aromatic N) is 2. The van der Waals surface area contributed by atoms with Crippen LogP contribution in [0.25, 0.3) is 11.3 Å². The number of nitrogens with one attached hydrogen (secondary N) is 2. The van der Waals surface area contributed by atoms with Crippen LogP contribution in [0.5, 0.6) is 0 Å². The lowest BCUT2D eigenvalue weighted by Gasteiger charge is -2.08. The Bertz CT molecular complexity index is 812. The molecule has 5 nitrogen and oxygen atoms in total. The third kappa shape index (κ3) is 3.58. The summed E-state index contributed by atoms with van der Waals surface area (Å²) in [5.41, 5.74) is 0.781. The Balaban J connectivity index is 1.69. The van der Waals surface area contributed by atoms with Crippen molar-refractivity contribution in [1.29, 1.82) is 0 Å². The number of rotatable bonds is 5.